The first-order valence-electron chi connectivity index (χ1n) is 8.09. The summed E-state index contributed by atoms with van der Waals surface area (Å²) in [5.74, 6) is -0.145. The minimum atomic E-state index is -2.85. The van der Waals surface area contributed by atoms with Gasteiger partial charge in [-0.15, -0.1) is 0 Å². The molecular weight excluding hydrogens is 342 g/mol. The average molecular weight is 363 g/mol. The number of likely N-dealkylation sites (N-methyl/N-ethyl adjacent to an activating group) is 1. The van der Waals surface area contributed by atoms with E-state index in [-0.39, 0.29) is 24.0 Å². The third kappa shape index (κ3) is 6.25. The second-order valence-electron chi connectivity index (χ2n) is 6.02. The molecule has 2 aromatic carbocycles. The van der Waals surface area contributed by atoms with Crippen LogP contribution in [0.2, 0.25) is 0 Å². The third-order valence-corrected chi connectivity index (χ3v) is 3.67. The SMILES string of the molecule is CC(=O)c1cccc(NC(=O)C[NH+](C)Cc2ccc(OC(F)F)cc2)c1. The lowest BCUT2D eigenvalue weighted by atomic mass is 10.1. The Morgan fingerprint density at radius 2 is 1.85 bits per heavy atom. The van der Waals surface area contributed by atoms with Crippen molar-refractivity contribution < 1.29 is 28.0 Å². The Bertz CT molecular complexity index is 764. The maximum absolute atomic E-state index is 12.1. The van der Waals surface area contributed by atoms with Crippen molar-refractivity contribution in [3.63, 3.8) is 0 Å². The van der Waals surface area contributed by atoms with Gasteiger partial charge in [0.25, 0.3) is 5.91 Å². The Labute approximate surface area is 150 Å². The molecule has 138 valence electrons. The van der Waals surface area contributed by atoms with E-state index < -0.39 is 6.61 Å². The number of quaternary nitrogens is 1. The van der Waals surface area contributed by atoms with Crippen LogP contribution < -0.4 is 15.0 Å². The van der Waals surface area contributed by atoms with Crippen molar-refractivity contribution in [3.05, 3.63) is 59.7 Å². The fourth-order valence-electron chi connectivity index (χ4n) is 2.49. The molecule has 1 amide bonds. The van der Waals surface area contributed by atoms with E-state index in [1.54, 1.807) is 36.4 Å². The van der Waals surface area contributed by atoms with Crippen LogP contribution in [-0.2, 0) is 11.3 Å². The molecule has 2 aromatic rings. The summed E-state index contributed by atoms with van der Waals surface area (Å²) < 4.78 is 28.6. The van der Waals surface area contributed by atoms with Crippen molar-refractivity contribution in [1.29, 1.82) is 0 Å². The zero-order valence-corrected chi connectivity index (χ0v) is 14.6. The molecule has 2 N–H and O–H groups in total. The minimum absolute atomic E-state index is 0.0666. The molecule has 0 radical (unpaired) electrons. The summed E-state index contributed by atoms with van der Waals surface area (Å²) in [5.41, 5.74) is 2.01. The van der Waals surface area contributed by atoms with Crippen LogP contribution in [0, 0.1) is 0 Å². The van der Waals surface area contributed by atoms with Crippen LogP contribution in [-0.4, -0.2) is 31.9 Å². The summed E-state index contributed by atoms with van der Waals surface area (Å²) in [6.45, 7) is -0.606. The van der Waals surface area contributed by atoms with Gasteiger partial charge in [0, 0.05) is 16.8 Å². The first-order chi connectivity index (χ1) is 12.3. The van der Waals surface area contributed by atoms with Crippen molar-refractivity contribution in [1.82, 2.24) is 0 Å². The van der Waals surface area contributed by atoms with Crippen molar-refractivity contribution in [2.75, 3.05) is 18.9 Å². The second-order valence-corrected chi connectivity index (χ2v) is 6.02. The summed E-state index contributed by atoms with van der Waals surface area (Å²) in [5, 5.41) is 2.77. The van der Waals surface area contributed by atoms with E-state index >= 15 is 0 Å². The van der Waals surface area contributed by atoms with Gasteiger partial charge in [0.15, 0.2) is 12.3 Å². The number of amides is 1. The topological polar surface area (TPSA) is 59.8 Å². The van der Waals surface area contributed by atoms with Crippen LogP contribution in [0.1, 0.15) is 22.8 Å². The number of Topliss-reactive ketones (excluding diaryl/α,β-unsaturated/α-hetero) is 1. The lowest BCUT2D eigenvalue weighted by molar-refractivity contribution is -0.885. The lowest BCUT2D eigenvalue weighted by Gasteiger charge is -2.14. The van der Waals surface area contributed by atoms with Crippen LogP contribution >= 0.6 is 0 Å². The van der Waals surface area contributed by atoms with Crippen LogP contribution in [0.4, 0.5) is 14.5 Å². The van der Waals surface area contributed by atoms with Gasteiger partial charge in [-0.3, -0.25) is 9.59 Å². The quantitative estimate of drug-likeness (QED) is 0.707. The third-order valence-electron chi connectivity index (χ3n) is 3.67. The molecule has 1 atom stereocenters. The van der Waals surface area contributed by atoms with E-state index in [0.29, 0.717) is 17.8 Å². The van der Waals surface area contributed by atoms with Crippen LogP contribution in [0.15, 0.2) is 48.5 Å². The normalized spacial score (nSPS) is 11.9. The van der Waals surface area contributed by atoms with Crippen LogP contribution in [0.25, 0.3) is 0 Å². The predicted octanol–water partition coefficient (Wildman–Crippen LogP) is 2.14. The molecule has 0 fully saturated rings. The number of alkyl halides is 2. The number of nitrogens with one attached hydrogen (secondary N) is 2. The van der Waals surface area contributed by atoms with Crippen molar-refractivity contribution >= 4 is 17.4 Å². The number of anilines is 1. The van der Waals surface area contributed by atoms with E-state index in [4.69, 9.17) is 0 Å². The van der Waals surface area contributed by atoms with Gasteiger partial charge >= 0.3 is 6.61 Å². The van der Waals surface area contributed by atoms with E-state index in [1.807, 2.05) is 7.05 Å². The molecule has 26 heavy (non-hydrogen) atoms. The zero-order chi connectivity index (χ0) is 19.1. The van der Waals surface area contributed by atoms with Gasteiger partial charge in [0.2, 0.25) is 0 Å². The first kappa shape index (κ1) is 19.5. The molecule has 0 saturated heterocycles. The fraction of sp³-hybridized carbons (Fsp3) is 0.263. The zero-order valence-electron chi connectivity index (χ0n) is 14.6. The van der Waals surface area contributed by atoms with E-state index in [1.165, 1.54) is 19.1 Å². The van der Waals surface area contributed by atoms with E-state index in [0.717, 1.165) is 10.5 Å². The van der Waals surface area contributed by atoms with Gasteiger partial charge in [0.05, 0.1) is 7.05 Å². The molecule has 2 rings (SSSR count). The molecule has 0 spiro atoms. The molecule has 0 heterocycles. The molecule has 0 aliphatic heterocycles. The van der Waals surface area contributed by atoms with E-state index in [2.05, 4.69) is 10.1 Å². The van der Waals surface area contributed by atoms with Gasteiger partial charge in [-0.1, -0.05) is 12.1 Å². The summed E-state index contributed by atoms with van der Waals surface area (Å²) in [4.78, 5) is 24.5. The molecule has 0 aliphatic rings. The highest BCUT2D eigenvalue weighted by molar-refractivity contribution is 5.97. The second kappa shape index (κ2) is 9.05. The number of carbonyl (C=O) groups is 2. The highest BCUT2D eigenvalue weighted by Crippen LogP contribution is 2.14. The van der Waals surface area contributed by atoms with Gasteiger partial charge in [-0.05, 0) is 43.3 Å². The highest BCUT2D eigenvalue weighted by atomic mass is 19.3. The predicted molar refractivity (Wildman–Crippen MR) is 93.6 cm³/mol. The summed E-state index contributed by atoms with van der Waals surface area (Å²) in [6, 6.07) is 13.1. The molecule has 7 heteroatoms. The minimum Gasteiger partial charge on any atom is -0.435 e. The van der Waals surface area contributed by atoms with Gasteiger partial charge in [-0.25, -0.2) is 0 Å². The van der Waals surface area contributed by atoms with Crippen LogP contribution in [0.5, 0.6) is 5.75 Å². The maximum Gasteiger partial charge on any atom is 0.387 e. The maximum atomic E-state index is 12.1. The molecule has 5 nitrogen and oxygen atoms in total. The van der Waals surface area contributed by atoms with Gasteiger partial charge in [0.1, 0.15) is 12.3 Å². The summed E-state index contributed by atoms with van der Waals surface area (Å²) in [6.07, 6.45) is 0. The smallest absolute Gasteiger partial charge is 0.387 e. The Hall–Kier alpha value is -2.80. The number of ketones is 1. The molecule has 0 saturated carbocycles. The Kier molecular flexibility index (Phi) is 6.80. The number of ether oxygens (including phenoxy) is 1. The molecule has 0 aromatic heterocycles. The standard InChI is InChI=1S/C19H20F2N2O3/c1-13(24)15-4-3-5-16(10-15)22-18(25)12-23(2)11-14-6-8-17(9-7-14)26-19(20)21/h3-10,19H,11-12H2,1-2H3,(H,22,25)/p+1. The Morgan fingerprint density at radius 1 is 1.15 bits per heavy atom. The Morgan fingerprint density at radius 3 is 2.46 bits per heavy atom. The van der Waals surface area contributed by atoms with Gasteiger partial charge < -0.3 is 15.0 Å². The molecule has 1 unspecified atom stereocenters. The number of halogens is 2. The number of hydrogen-bond donors (Lipinski definition) is 2. The number of benzene rings is 2. The van der Waals surface area contributed by atoms with Crippen molar-refractivity contribution in [2.45, 2.75) is 20.1 Å². The summed E-state index contributed by atoms with van der Waals surface area (Å²) >= 11 is 0. The monoisotopic (exact) mass is 363 g/mol. The van der Waals surface area contributed by atoms with Gasteiger partial charge in [-0.2, -0.15) is 8.78 Å². The highest BCUT2D eigenvalue weighted by Gasteiger charge is 2.12. The molecule has 0 bridgehead atoms. The van der Waals surface area contributed by atoms with Crippen molar-refractivity contribution in [2.24, 2.45) is 0 Å². The van der Waals surface area contributed by atoms with Crippen molar-refractivity contribution in [3.8, 4) is 5.75 Å². The largest absolute Gasteiger partial charge is 0.435 e. The number of carbonyl (C=O) groups excluding carboxylic acids is 2. The number of rotatable bonds is 8. The fourth-order valence-corrected chi connectivity index (χ4v) is 2.49. The van der Waals surface area contributed by atoms with E-state index in [9.17, 15) is 18.4 Å². The molecule has 0 aliphatic carbocycles. The molecular formula is C19H21F2N2O3+. The van der Waals surface area contributed by atoms with Crippen LogP contribution in [0.3, 0.4) is 0 Å². The summed E-state index contributed by atoms with van der Waals surface area (Å²) in [7, 11) is 1.86. The lowest BCUT2D eigenvalue weighted by Crippen LogP contribution is -3.08. The average Bonchev–Trinajstić information content (AvgIpc) is 2.56. The number of hydrogen-bond acceptors (Lipinski definition) is 3. The Balaban J connectivity index is 1.87. The first-order valence-corrected chi connectivity index (χ1v) is 8.09.